The van der Waals surface area contributed by atoms with Gasteiger partial charge in [-0.1, -0.05) is 15.9 Å². The van der Waals surface area contributed by atoms with Gasteiger partial charge in [-0.05, 0) is 12.1 Å². The van der Waals surface area contributed by atoms with Gasteiger partial charge in [0.15, 0.2) is 12.1 Å². The SMILES string of the molecule is N#Cc1ccc(F)c(C(=O)CBr)c1C=O. The molecule has 0 aliphatic carbocycles. The molecule has 0 fully saturated rings. The molecule has 0 heterocycles. The molecule has 0 N–H and O–H groups in total. The van der Waals surface area contributed by atoms with E-state index in [9.17, 15) is 14.0 Å². The summed E-state index contributed by atoms with van der Waals surface area (Å²) in [6.07, 6.45) is 0.317. The third kappa shape index (κ3) is 2.10. The summed E-state index contributed by atoms with van der Waals surface area (Å²) >= 11 is 2.88. The van der Waals surface area contributed by atoms with Gasteiger partial charge in [0.05, 0.1) is 22.5 Å². The topological polar surface area (TPSA) is 57.9 Å². The van der Waals surface area contributed by atoms with Crippen molar-refractivity contribution in [1.82, 2.24) is 0 Å². The molecule has 0 amide bonds. The Bertz CT molecular complexity index is 465. The number of nitriles is 1. The second-order valence-corrected chi connectivity index (χ2v) is 3.23. The molecule has 3 nitrogen and oxygen atoms in total. The number of hydrogen-bond donors (Lipinski definition) is 0. The van der Waals surface area contributed by atoms with Gasteiger partial charge in [-0.2, -0.15) is 5.26 Å². The maximum Gasteiger partial charge on any atom is 0.177 e. The molecule has 1 aromatic rings. The summed E-state index contributed by atoms with van der Waals surface area (Å²) in [4.78, 5) is 22.0. The van der Waals surface area contributed by atoms with Crippen LogP contribution in [-0.4, -0.2) is 17.4 Å². The number of halogens is 2. The summed E-state index contributed by atoms with van der Waals surface area (Å²) in [6.45, 7) is 0. The van der Waals surface area contributed by atoms with E-state index in [1.54, 1.807) is 6.07 Å². The first-order chi connectivity index (χ1) is 7.15. The Morgan fingerprint density at radius 3 is 2.73 bits per heavy atom. The second-order valence-electron chi connectivity index (χ2n) is 2.67. The number of nitrogens with zero attached hydrogens (tertiary/aromatic N) is 1. The minimum absolute atomic E-state index is 0.00398. The predicted molar refractivity (Wildman–Crippen MR) is 54.6 cm³/mol. The van der Waals surface area contributed by atoms with Gasteiger partial charge in [-0.25, -0.2) is 4.39 Å². The van der Waals surface area contributed by atoms with Crippen molar-refractivity contribution in [3.8, 4) is 6.07 Å². The Kier molecular flexibility index (Phi) is 3.69. The number of aldehydes is 1. The number of carbonyl (C=O) groups is 2. The minimum atomic E-state index is -0.791. The molecular weight excluding hydrogens is 265 g/mol. The van der Waals surface area contributed by atoms with Gasteiger partial charge in [0.25, 0.3) is 0 Å². The first kappa shape index (κ1) is 11.5. The van der Waals surface area contributed by atoms with Crippen molar-refractivity contribution in [3.05, 3.63) is 34.6 Å². The van der Waals surface area contributed by atoms with E-state index in [1.165, 1.54) is 6.07 Å². The standard InChI is InChI=1S/C10H5BrFNO2/c11-3-9(15)10-7(5-14)6(4-13)1-2-8(10)12/h1-2,5H,3H2. The van der Waals surface area contributed by atoms with Gasteiger partial charge in [-0.15, -0.1) is 0 Å². The highest BCUT2D eigenvalue weighted by molar-refractivity contribution is 9.09. The van der Waals surface area contributed by atoms with E-state index in [-0.39, 0.29) is 22.0 Å². The Morgan fingerprint density at radius 2 is 2.27 bits per heavy atom. The highest BCUT2D eigenvalue weighted by atomic mass is 79.9. The van der Waals surface area contributed by atoms with Crippen molar-refractivity contribution >= 4 is 28.0 Å². The van der Waals surface area contributed by atoms with E-state index < -0.39 is 11.6 Å². The summed E-state index contributed by atoms with van der Waals surface area (Å²) < 4.78 is 13.3. The van der Waals surface area contributed by atoms with Gasteiger partial charge in [0.1, 0.15) is 5.82 Å². The molecule has 0 unspecified atom stereocenters. The molecule has 5 heteroatoms. The lowest BCUT2D eigenvalue weighted by Gasteiger charge is -2.04. The van der Waals surface area contributed by atoms with E-state index in [0.717, 1.165) is 6.07 Å². The Hall–Kier alpha value is -1.54. The van der Waals surface area contributed by atoms with E-state index in [0.29, 0.717) is 6.29 Å². The lowest BCUT2D eigenvalue weighted by atomic mass is 9.99. The quantitative estimate of drug-likeness (QED) is 0.480. The summed E-state index contributed by atoms with van der Waals surface area (Å²) in [5.41, 5.74) is -0.529. The molecule has 0 atom stereocenters. The second kappa shape index (κ2) is 4.80. The molecule has 0 aromatic heterocycles. The summed E-state index contributed by atoms with van der Waals surface area (Å²) in [7, 11) is 0. The van der Waals surface area contributed by atoms with Crippen molar-refractivity contribution < 1.29 is 14.0 Å². The van der Waals surface area contributed by atoms with Crippen molar-refractivity contribution in [2.45, 2.75) is 0 Å². The number of hydrogen-bond acceptors (Lipinski definition) is 3. The maximum absolute atomic E-state index is 13.3. The molecule has 1 aromatic carbocycles. The first-order valence-corrected chi connectivity index (χ1v) is 5.04. The Labute approximate surface area is 93.6 Å². The van der Waals surface area contributed by atoms with Crippen LogP contribution >= 0.6 is 15.9 Å². The van der Waals surface area contributed by atoms with E-state index in [2.05, 4.69) is 15.9 Å². The summed E-state index contributed by atoms with van der Waals surface area (Å²) in [5.74, 6) is -1.35. The van der Waals surface area contributed by atoms with Crippen LogP contribution in [0.1, 0.15) is 26.3 Å². The van der Waals surface area contributed by atoms with Crippen molar-refractivity contribution in [3.63, 3.8) is 0 Å². The largest absolute Gasteiger partial charge is 0.298 e. The zero-order valence-electron chi connectivity index (χ0n) is 7.46. The molecular formula is C10H5BrFNO2. The number of alkyl halides is 1. The van der Waals surface area contributed by atoms with Gasteiger partial charge >= 0.3 is 0 Å². The molecule has 0 aliphatic heterocycles. The average Bonchev–Trinajstić information content (AvgIpc) is 2.27. The first-order valence-electron chi connectivity index (χ1n) is 3.92. The Balaban J connectivity index is 3.54. The molecule has 1 rings (SSSR count). The Morgan fingerprint density at radius 1 is 1.60 bits per heavy atom. The van der Waals surface area contributed by atoms with Crippen LogP contribution < -0.4 is 0 Å². The molecule has 15 heavy (non-hydrogen) atoms. The van der Waals surface area contributed by atoms with E-state index in [1.807, 2.05) is 0 Å². The third-order valence-corrected chi connectivity index (χ3v) is 2.34. The highest BCUT2D eigenvalue weighted by Gasteiger charge is 2.18. The number of carbonyl (C=O) groups excluding carboxylic acids is 2. The molecule has 0 saturated carbocycles. The van der Waals surface area contributed by atoms with Crippen molar-refractivity contribution in [2.24, 2.45) is 0 Å². The molecule has 76 valence electrons. The van der Waals surface area contributed by atoms with Gasteiger partial charge in [0.2, 0.25) is 0 Å². The number of benzene rings is 1. The lowest BCUT2D eigenvalue weighted by molar-refractivity contribution is 0.101. The molecule has 0 radical (unpaired) electrons. The normalized spacial score (nSPS) is 9.40. The van der Waals surface area contributed by atoms with Crippen molar-refractivity contribution in [2.75, 3.05) is 5.33 Å². The van der Waals surface area contributed by atoms with Crippen LogP contribution in [0.2, 0.25) is 0 Å². The van der Waals surface area contributed by atoms with Crippen LogP contribution in [0.15, 0.2) is 12.1 Å². The average molecular weight is 270 g/mol. The van der Waals surface area contributed by atoms with E-state index in [4.69, 9.17) is 5.26 Å². The summed E-state index contributed by atoms with van der Waals surface area (Å²) in [5, 5.41) is 8.57. The van der Waals surface area contributed by atoms with Gasteiger partial charge < -0.3 is 0 Å². The van der Waals surface area contributed by atoms with Crippen LogP contribution in [-0.2, 0) is 0 Å². The van der Waals surface area contributed by atoms with Crippen LogP contribution in [0.3, 0.4) is 0 Å². The van der Waals surface area contributed by atoms with Gasteiger partial charge in [-0.3, -0.25) is 9.59 Å². The number of Topliss-reactive ketones (excluding diaryl/α,β-unsaturated/α-hetero) is 1. The van der Waals surface area contributed by atoms with Crippen molar-refractivity contribution in [1.29, 1.82) is 5.26 Å². The predicted octanol–water partition coefficient (Wildman–Crippen LogP) is 2.09. The monoisotopic (exact) mass is 269 g/mol. The van der Waals surface area contributed by atoms with Crippen LogP contribution in [0.5, 0.6) is 0 Å². The molecule has 0 bridgehead atoms. The number of ketones is 1. The van der Waals surface area contributed by atoms with Crippen LogP contribution in [0, 0.1) is 17.1 Å². The molecule has 0 aliphatic rings. The van der Waals surface area contributed by atoms with Crippen LogP contribution in [0.25, 0.3) is 0 Å². The van der Waals surface area contributed by atoms with E-state index >= 15 is 0 Å². The summed E-state index contributed by atoms with van der Waals surface area (Å²) in [6, 6.07) is 3.90. The molecule has 0 spiro atoms. The third-order valence-electron chi connectivity index (χ3n) is 1.83. The number of rotatable bonds is 3. The smallest absolute Gasteiger partial charge is 0.177 e. The fourth-order valence-corrected chi connectivity index (χ4v) is 1.44. The minimum Gasteiger partial charge on any atom is -0.298 e. The molecule has 0 saturated heterocycles. The zero-order valence-corrected chi connectivity index (χ0v) is 9.04. The highest BCUT2D eigenvalue weighted by Crippen LogP contribution is 2.17. The van der Waals surface area contributed by atoms with Gasteiger partial charge in [0, 0.05) is 5.56 Å². The fourth-order valence-electron chi connectivity index (χ4n) is 1.16. The fraction of sp³-hybridized carbons (Fsp3) is 0.100. The maximum atomic E-state index is 13.3. The lowest BCUT2D eigenvalue weighted by Crippen LogP contribution is -2.09. The zero-order chi connectivity index (χ0) is 11.4. The van der Waals surface area contributed by atoms with Crippen LogP contribution in [0.4, 0.5) is 4.39 Å².